The summed E-state index contributed by atoms with van der Waals surface area (Å²) in [5.74, 6) is 0.595. The number of carbonyl (C=O) groups is 2. The van der Waals surface area contributed by atoms with Crippen molar-refractivity contribution in [1.29, 1.82) is 0 Å². The van der Waals surface area contributed by atoms with Crippen molar-refractivity contribution in [3.05, 3.63) is 0 Å². The van der Waals surface area contributed by atoms with E-state index in [1.54, 1.807) is 20.8 Å². The second kappa shape index (κ2) is 6.86. The quantitative estimate of drug-likeness (QED) is 0.804. The Labute approximate surface area is 106 Å². The summed E-state index contributed by atoms with van der Waals surface area (Å²) >= 11 is 1.06. The number of alkyl carbamates (subject to hydrolysis) is 1. The van der Waals surface area contributed by atoms with Crippen LogP contribution in [0.4, 0.5) is 4.79 Å². The first-order valence-corrected chi connectivity index (χ1v) is 6.50. The molecule has 0 aromatic heterocycles. The Hall–Kier alpha value is -0.750. The van der Waals surface area contributed by atoms with E-state index in [-0.39, 0.29) is 5.12 Å². The molecule has 0 saturated carbocycles. The van der Waals surface area contributed by atoms with Gasteiger partial charge >= 0.3 is 6.09 Å². The van der Waals surface area contributed by atoms with Gasteiger partial charge in [0.15, 0.2) is 0 Å². The molecule has 6 heteroatoms. The molecule has 17 heavy (non-hydrogen) atoms. The highest BCUT2D eigenvalue weighted by Crippen LogP contribution is 2.11. The van der Waals surface area contributed by atoms with Gasteiger partial charge in [-0.3, -0.25) is 4.79 Å². The molecule has 1 amide bonds. The number of thioether (sulfide) groups is 1. The van der Waals surface area contributed by atoms with Gasteiger partial charge in [0.25, 0.3) is 0 Å². The van der Waals surface area contributed by atoms with E-state index in [4.69, 9.17) is 4.74 Å². The first-order chi connectivity index (χ1) is 7.67. The van der Waals surface area contributed by atoms with Crippen LogP contribution in [0.5, 0.6) is 0 Å². The van der Waals surface area contributed by atoms with Crippen molar-refractivity contribution >= 4 is 23.0 Å². The van der Waals surface area contributed by atoms with Gasteiger partial charge in [-0.25, -0.2) is 4.79 Å². The van der Waals surface area contributed by atoms with E-state index < -0.39 is 23.8 Å². The van der Waals surface area contributed by atoms with Crippen LogP contribution < -0.4 is 5.32 Å². The molecule has 2 atom stereocenters. The molecule has 0 fully saturated rings. The summed E-state index contributed by atoms with van der Waals surface area (Å²) in [5, 5.41) is 11.6. The normalized spacial score (nSPS) is 14.9. The summed E-state index contributed by atoms with van der Waals surface area (Å²) in [6.45, 7) is 8.47. The van der Waals surface area contributed by atoms with Gasteiger partial charge in [0, 0.05) is 0 Å². The highest BCUT2D eigenvalue weighted by Gasteiger charge is 2.27. The molecule has 0 spiro atoms. The van der Waals surface area contributed by atoms with Gasteiger partial charge in [-0.1, -0.05) is 18.7 Å². The molecule has 2 N–H and O–H groups in total. The van der Waals surface area contributed by atoms with Crippen molar-refractivity contribution in [3.8, 4) is 0 Å². The standard InChI is InChI=1S/C11H21NO4S/c1-6-17-9(14)8(7(2)13)12-10(15)16-11(3,4)5/h7-8,13H,6H2,1-5H3,(H,12,15)/t7-,8+/m1/s1. The number of nitrogens with one attached hydrogen (secondary N) is 1. The van der Waals surface area contributed by atoms with Crippen molar-refractivity contribution in [2.24, 2.45) is 0 Å². The van der Waals surface area contributed by atoms with E-state index in [0.29, 0.717) is 5.75 Å². The summed E-state index contributed by atoms with van der Waals surface area (Å²) in [6.07, 6.45) is -1.65. The Morgan fingerprint density at radius 3 is 2.29 bits per heavy atom. The van der Waals surface area contributed by atoms with Crippen molar-refractivity contribution in [2.45, 2.75) is 52.4 Å². The fourth-order valence-corrected chi connectivity index (χ4v) is 1.76. The SMILES string of the molecule is CCSC(=O)[C@@H](NC(=O)OC(C)(C)C)[C@@H](C)O. The van der Waals surface area contributed by atoms with Crippen molar-refractivity contribution in [1.82, 2.24) is 5.32 Å². The van der Waals surface area contributed by atoms with Crippen LogP contribution in [0, 0.1) is 0 Å². The maximum atomic E-state index is 11.6. The largest absolute Gasteiger partial charge is 0.444 e. The van der Waals surface area contributed by atoms with E-state index in [1.165, 1.54) is 6.92 Å². The molecule has 0 aliphatic rings. The number of hydrogen-bond donors (Lipinski definition) is 2. The first kappa shape index (κ1) is 16.2. The summed E-state index contributed by atoms with van der Waals surface area (Å²) in [4.78, 5) is 23.1. The number of aliphatic hydroxyl groups is 1. The number of rotatable bonds is 4. The van der Waals surface area contributed by atoms with E-state index >= 15 is 0 Å². The lowest BCUT2D eigenvalue weighted by Crippen LogP contribution is -2.48. The van der Waals surface area contributed by atoms with Gasteiger partial charge in [0.05, 0.1) is 6.10 Å². The lowest BCUT2D eigenvalue weighted by molar-refractivity contribution is -0.115. The minimum Gasteiger partial charge on any atom is -0.444 e. The number of ether oxygens (including phenoxy) is 1. The summed E-state index contributed by atoms with van der Waals surface area (Å²) in [5.41, 5.74) is -0.631. The number of carbonyl (C=O) groups excluding carboxylic acids is 2. The third kappa shape index (κ3) is 7.23. The monoisotopic (exact) mass is 263 g/mol. The molecule has 0 aromatic rings. The summed E-state index contributed by atoms with van der Waals surface area (Å²) in [7, 11) is 0. The van der Waals surface area contributed by atoms with Crippen molar-refractivity contribution in [3.63, 3.8) is 0 Å². The van der Waals surface area contributed by atoms with Crippen LogP contribution >= 0.6 is 11.8 Å². The van der Waals surface area contributed by atoms with Gasteiger partial charge in [-0.2, -0.15) is 0 Å². The lowest BCUT2D eigenvalue weighted by Gasteiger charge is -2.24. The minimum atomic E-state index is -0.950. The molecule has 0 radical (unpaired) electrons. The Morgan fingerprint density at radius 1 is 1.41 bits per heavy atom. The molecule has 0 aliphatic heterocycles. The second-order valence-electron chi connectivity index (χ2n) is 4.62. The van der Waals surface area contributed by atoms with Gasteiger partial charge in [0.1, 0.15) is 11.6 Å². The maximum absolute atomic E-state index is 11.6. The molecule has 0 saturated heterocycles. The Kier molecular flexibility index (Phi) is 6.56. The highest BCUT2D eigenvalue weighted by atomic mass is 32.2. The molecule has 0 aliphatic carbocycles. The van der Waals surface area contributed by atoms with Gasteiger partial charge in [0.2, 0.25) is 5.12 Å². The molecule has 0 rings (SSSR count). The predicted molar refractivity (Wildman–Crippen MR) is 68.0 cm³/mol. The van der Waals surface area contributed by atoms with Gasteiger partial charge < -0.3 is 15.2 Å². The third-order valence-corrected chi connectivity index (χ3v) is 2.52. The average molecular weight is 263 g/mol. The van der Waals surface area contributed by atoms with E-state index in [2.05, 4.69) is 5.32 Å². The molecule has 0 aromatic carbocycles. The van der Waals surface area contributed by atoms with Crippen LogP contribution in [0.3, 0.4) is 0 Å². The summed E-state index contributed by atoms with van der Waals surface area (Å²) < 4.78 is 5.02. The fourth-order valence-electron chi connectivity index (χ4n) is 1.04. The third-order valence-electron chi connectivity index (χ3n) is 1.70. The molecular weight excluding hydrogens is 242 g/mol. The molecule has 0 bridgehead atoms. The smallest absolute Gasteiger partial charge is 0.408 e. The van der Waals surface area contributed by atoms with Crippen LogP contribution in [0.1, 0.15) is 34.6 Å². The highest BCUT2D eigenvalue weighted by molar-refractivity contribution is 8.13. The van der Waals surface area contributed by atoms with Crippen LogP contribution in [-0.2, 0) is 9.53 Å². The summed E-state index contributed by atoms with van der Waals surface area (Å²) in [6, 6.07) is -0.935. The fraction of sp³-hybridized carbons (Fsp3) is 0.818. The van der Waals surface area contributed by atoms with Crippen LogP contribution in [0.15, 0.2) is 0 Å². The number of aliphatic hydroxyl groups excluding tert-OH is 1. The zero-order chi connectivity index (χ0) is 13.6. The predicted octanol–water partition coefficient (Wildman–Crippen LogP) is 1.54. The number of amides is 1. The minimum absolute atomic E-state index is 0.270. The Morgan fingerprint density at radius 2 is 1.94 bits per heavy atom. The van der Waals surface area contributed by atoms with Gasteiger partial charge in [-0.05, 0) is 33.4 Å². The average Bonchev–Trinajstić information content (AvgIpc) is 2.11. The van der Waals surface area contributed by atoms with Crippen molar-refractivity contribution < 1.29 is 19.4 Å². The van der Waals surface area contributed by atoms with E-state index in [0.717, 1.165) is 11.8 Å². The molecule has 0 heterocycles. The van der Waals surface area contributed by atoms with E-state index in [9.17, 15) is 14.7 Å². The zero-order valence-electron chi connectivity index (χ0n) is 10.9. The van der Waals surface area contributed by atoms with Crippen LogP contribution in [0.25, 0.3) is 0 Å². The van der Waals surface area contributed by atoms with E-state index in [1.807, 2.05) is 6.92 Å². The second-order valence-corrected chi connectivity index (χ2v) is 5.88. The molecular formula is C11H21NO4S. The lowest BCUT2D eigenvalue weighted by atomic mass is 10.2. The molecule has 0 unspecified atom stereocenters. The van der Waals surface area contributed by atoms with Crippen LogP contribution in [0.2, 0.25) is 0 Å². The zero-order valence-corrected chi connectivity index (χ0v) is 11.8. The van der Waals surface area contributed by atoms with Crippen LogP contribution in [-0.4, -0.2) is 39.8 Å². The van der Waals surface area contributed by atoms with Crippen molar-refractivity contribution in [2.75, 3.05) is 5.75 Å². The Bertz CT molecular complexity index is 273. The Balaban J connectivity index is 4.46. The maximum Gasteiger partial charge on any atom is 0.408 e. The number of hydrogen-bond acceptors (Lipinski definition) is 5. The first-order valence-electron chi connectivity index (χ1n) is 5.51. The van der Waals surface area contributed by atoms with Gasteiger partial charge in [-0.15, -0.1) is 0 Å². The molecule has 5 nitrogen and oxygen atoms in total. The topological polar surface area (TPSA) is 75.6 Å². The molecule has 100 valence electrons.